The number of piperazine rings is 1. The van der Waals surface area contributed by atoms with E-state index in [2.05, 4.69) is 20.1 Å². The number of nitrogens with one attached hydrogen (secondary N) is 1. The number of guanidine groups is 1. The summed E-state index contributed by atoms with van der Waals surface area (Å²) in [5, 5.41) is 7.95. The third kappa shape index (κ3) is 5.74. The average Bonchev–Trinajstić information content (AvgIpc) is 3.33. The monoisotopic (exact) mass is 514 g/mol. The van der Waals surface area contributed by atoms with Gasteiger partial charge >= 0.3 is 6.18 Å². The van der Waals surface area contributed by atoms with Crippen molar-refractivity contribution in [1.82, 2.24) is 24.9 Å². The summed E-state index contributed by atoms with van der Waals surface area (Å²) in [5.74, 6) is 0.713. The summed E-state index contributed by atoms with van der Waals surface area (Å²) in [6.07, 6.45) is 2.77. The number of halogens is 4. The van der Waals surface area contributed by atoms with Gasteiger partial charge in [-0.05, 0) is 25.8 Å². The molecule has 0 bridgehead atoms. The second kappa shape index (κ2) is 10.1. The van der Waals surface area contributed by atoms with Gasteiger partial charge in [-0.25, -0.2) is 0 Å². The van der Waals surface area contributed by atoms with Crippen molar-refractivity contribution in [2.45, 2.75) is 57.4 Å². The Morgan fingerprint density at radius 1 is 1.25 bits per heavy atom. The van der Waals surface area contributed by atoms with E-state index >= 15 is 0 Å². The highest BCUT2D eigenvalue weighted by Crippen LogP contribution is 2.28. The Morgan fingerprint density at radius 2 is 1.89 bits per heavy atom. The molecular weight excluding hydrogens is 484 g/mol. The molecule has 2 aliphatic rings. The van der Waals surface area contributed by atoms with Crippen LogP contribution in [-0.4, -0.2) is 71.0 Å². The Morgan fingerprint density at radius 3 is 2.46 bits per heavy atom. The molecule has 0 aromatic carbocycles. The van der Waals surface area contributed by atoms with E-state index in [1.165, 1.54) is 37.5 Å². The third-order valence-corrected chi connectivity index (χ3v) is 5.64. The van der Waals surface area contributed by atoms with E-state index in [1.807, 2.05) is 17.2 Å². The SMILES string of the molecule is CN=C(NCc1ccn(C2CCCC2)n1)N1CCN(C(C)C(F)(F)F)CC1.I. The van der Waals surface area contributed by atoms with Crippen molar-refractivity contribution in [1.29, 1.82) is 0 Å². The van der Waals surface area contributed by atoms with Crippen LogP contribution in [0.4, 0.5) is 13.2 Å². The van der Waals surface area contributed by atoms with E-state index in [-0.39, 0.29) is 24.0 Å². The van der Waals surface area contributed by atoms with Crippen LogP contribution in [0.2, 0.25) is 0 Å². The normalized spacial score (nSPS) is 20.9. The molecule has 0 spiro atoms. The first kappa shape index (κ1) is 23.2. The Hall–Kier alpha value is -1.04. The summed E-state index contributed by atoms with van der Waals surface area (Å²) in [5.41, 5.74) is 0.951. The first-order valence-electron chi connectivity index (χ1n) is 9.69. The van der Waals surface area contributed by atoms with Crippen LogP contribution in [0.3, 0.4) is 0 Å². The highest BCUT2D eigenvalue weighted by molar-refractivity contribution is 14.0. The van der Waals surface area contributed by atoms with Crippen LogP contribution in [0.1, 0.15) is 44.3 Å². The molecule has 1 saturated heterocycles. The number of aliphatic imine (C=N–C) groups is 1. The van der Waals surface area contributed by atoms with E-state index in [0.29, 0.717) is 44.7 Å². The van der Waals surface area contributed by atoms with Crippen molar-refractivity contribution in [3.63, 3.8) is 0 Å². The maximum absolute atomic E-state index is 12.9. The van der Waals surface area contributed by atoms with Gasteiger partial charge in [0.15, 0.2) is 5.96 Å². The highest BCUT2D eigenvalue weighted by atomic mass is 127. The Balaban J connectivity index is 0.00000280. The van der Waals surface area contributed by atoms with Crippen molar-refractivity contribution in [3.05, 3.63) is 18.0 Å². The molecule has 1 aliphatic carbocycles. The van der Waals surface area contributed by atoms with Crippen LogP contribution in [0, 0.1) is 0 Å². The molecule has 1 aromatic rings. The van der Waals surface area contributed by atoms with Gasteiger partial charge < -0.3 is 10.2 Å². The van der Waals surface area contributed by atoms with Gasteiger partial charge in [0.25, 0.3) is 0 Å². The third-order valence-electron chi connectivity index (χ3n) is 5.64. The molecule has 2 fully saturated rings. The fourth-order valence-corrected chi connectivity index (χ4v) is 3.87. The van der Waals surface area contributed by atoms with E-state index < -0.39 is 12.2 Å². The molecule has 1 aromatic heterocycles. The lowest BCUT2D eigenvalue weighted by atomic mass is 10.2. The van der Waals surface area contributed by atoms with Gasteiger partial charge in [-0.15, -0.1) is 24.0 Å². The van der Waals surface area contributed by atoms with Gasteiger partial charge in [-0.1, -0.05) is 12.8 Å². The lowest BCUT2D eigenvalue weighted by molar-refractivity contribution is -0.181. The van der Waals surface area contributed by atoms with Gasteiger partial charge in [0, 0.05) is 39.4 Å². The maximum atomic E-state index is 12.9. The molecule has 3 rings (SSSR count). The minimum atomic E-state index is -4.18. The van der Waals surface area contributed by atoms with Gasteiger partial charge in [-0.3, -0.25) is 14.6 Å². The second-order valence-electron chi connectivity index (χ2n) is 7.37. The van der Waals surface area contributed by atoms with E-state index in [9.17, 15) is 13.2 Å². The average molecular weight is 514 g/mol. The summed E-state index contributed by atoms with van der Waals surface area (Å²) in [6, 6.07) is 1.12. The fraction of sp³-hybridized carbons (Fsp3) is 0.778. The molecule has 160 valence electrons. The minimum Gasteiger partial charge on any atom is -0.351 e. The lowest BCUT2D eigenvalue weighted by Crippen LogP contribution is -2.56. The molecular formula is C18H30F3IN6. The van der Waals surface area contributed by atoms with Crippen LogP contribution >= 0.6 is 24.0 Å². The molecule has 1 saturated carbocycles. The largest absolute Gasteiger partial charge is 0.403 e. The highest BCUT2D eigenvalue weighted by Gasteiger charge is 2.41. The first-order valence-corrected chi connectivity index (χ1v) is 9.69. The van der Waals surface area contributed by atoms with Crippen LogP contribution in [0.15, 0.2) is 17.3 Å². The predicted octanol–water partition coefficient (Wildman–Crippen LogP) is 3.26. The van der Waals surface area contributed by atoms with Gasteiger partial charge in [0.1, 0.15) is 6.04 Å². The number of nitrogens with zero attached hydrogens (tertiary/aromatic N) is 5. The van der Waals surface area contributed by atoms with Gasteiger partial charge in [-0.2, -0.15) is 18.3 Å². The number of hydrogen-bond acceptors (Lipinski definition) is 3. The summed E-state index contributed by atoms with van der Waals surface area (Å²) in [6.45, 7) is 3.58. The summed E-state index contributed by atoms with van der Waals surface area (Å²) < 4.78 is 40.7. The predicted molar refractivity (Wildman–Crippen MR) is 114 cm³/mol. The summed E-state index contributed by atoms with van der Waals surface area (Å²) >= 11 is 0. The molecule has 6 nitrogen and oxygen atoms in total. The quantitative estimate of drug-likeness (QED) is 0.381. The van der Waals surface area contributed by atoms with E-state index in [1.54, 1.807) is 7.05 Å². The molecule has 1 aliphatic heterocycles. The summed E-state index contributed by atoms with van der Waals surface area (Å²) in [7, 11) is 1.70. The smallest absolute Gasteiger partial charge is 0.351 e. The molecule has 2 heterocycles. The van der Waals surface area contributed by atoms with Crippen LogP contribution in [0.25, 0.3) is 0 Å². The van der Waals surface area contributed by atoms with E-state index in [4.69, 9.17) is 0 Å². The molecule has 1 unspecified atom stereocenters. The standard InChI is InChI=1S/C18H29F3N6.HI/c1-14(18(19,20)21)25-9-11-26(12-10-25)17(22-2)23-13-15-7-8-27(24-15)16-5-3-4-6-16;/h7-8,14,16H,3-6,9-13H2,1-2H3,(H,22,23);1H. The maximum Gasteiger partial charge on any atom is 0.403 e. The molecule has 0 radical (unpaired) electrons. The molecule has 28 heavy (non-hydrogen) atoms. The number of aromatic nitrogens is 2. The number of rotatable bonds is 4. The van der Waals surface area contributed by atoms with Gasteiger partial charge in [0.2, 0.25) is 0 Å². The van der Waals surface area contributed by atoms with Crippen LogP contribution in [-0.2, 0) is 6.54 Å². The Kier molecular flexibility index (Phi) is 8.41. The second-order valence-corrected chi connectivity index (χ2v) is 7.37. The summed E-state index contributed by atoms with van der Waals surface area (Å²) in [4.78, 5) is 7.77. The number of hydrogen-bond donors (Lipinski definition) is 1. The zero-order valence-corrected chi connectivity index (χ0v) is 18.8. The number of alkyl halides is 3. The Labute approximate surface area is 181 Å². The molecule has 0 amide bonds. The molecule has 1 atom stereocenters. The van der Waals surface area contributed by atoms with Crippen LogP contribution < -0.4 is 5.32 Å². The van der Waals surface area contributed by atoms with Crippen molar-refractivity contribution in [2.75, 3.05) is 33.2 Å². The minimum absolute atomic E-state index is 0. The van der Waals surface area contributed by atoms with Crippen molar-refractivity contribution in [3.8, 4) is 0 Å². The molecule has 1 N–H and O–H groups in total. The zero-order chi connectivity index (χ0) is 19.4. The van der Waals surface area contributed by atoms with Crippen molar-refractivity contribution >= 4 is 29.9 Å². The van der Waals surface area contributed by atoms with Crippen molar-refractivity contribution in [2.24, 2.45) is 4.99 Å². The molecule has 10 heteroatoms. The van der Waals surface area contributed by atoms with Crippen LogP contribution in [0.5, 0.6) is 0 Å². The van der Waals surface area contributed by atoms with Crippen molar-refractivity contribution < 1.29 is 13.2 Å². The Bertz CT molecular complexity index is 634. The topological polar surface area (TPSA) is 48.7 Å². The fourth-order valence-electron chi connectivity index (χ4n) is 3.87. The lowest BCUT2D eigenvalue weighted by Gasteiger charge is -2.39. The zero-order valence-electron chi connectivity index (χ0n) is 16.5. The first-order chi connectivity index (χ1) is 12.9. The van der Waals surface area contributed by atoms with E-state index in [0.717, 1.165) is 5.69 Å². The van der Waals surface area contributed by atoms with Gasteiger partial charge in [0.05, 0.1) is 18.3 Å².